The number of benzene rings is 1. The largest absolute Gasteiger partial charge is 0.444 e. The summed E-state index contributed by atoms with van der Waals surface area (Å²) in [6.07, 6.45) is 0.362. The molecule has 5 N–H and O–H groups in total. The van der Waals surface area contributed by atoms with E-state index >= 15 is 0 Å². The molecule has 5 unspecified atom stereocenters. The number of aliphatic hydroxyl groups is 1. The van der Waals surface area contributed by atoms with Crippen molar-refractivity contribution in [3.05, 3.63) is 35.9 Å². The number of hydrogen-bond donors (Lipinski definition) is 4. The molecule has 3 rings (SSSR count). The maximum Gasteiger partial charge on any atom is 0.408 e. The summed E-state index contributed by atoms with van der Waals surface area (Å²) in [6.45, 7) is 8.91. The van der Waals surface area contributed by atoms with E-state index in [1.54, 1.807) is 27.7 Å². The van der Waals surface area contributed by atoms with Crippen LogP contribution in [0.15, 0.2) is 30.3 Å². The van der Waals surface area contributed by atoms with Crippen LogP contribution in [0.2, 0.25) is 0 Å². The number of primary amides is 1. The number of carbonyl (C=O) groups is 5. The van der Waals surface area contributed by atoms with Crippen LogP contribution in [0.3, 0.4) is 0 Å². The van der Waals surface area contributed by atoms with Crippen LogP contribution in [0.4, 0.5) is 4.79 Å². The van der Waals surface area contributed by atoms with Gasteiger partial charge in [0.25, 0.3) is 0 Å². The zero-order valence-corrected chi connectivity index (χ0v) is 25.2. The van der Waals surface area contributed by atoms with E-state index in [4.69, 9.17) is 10.5 Å². The second kappa shape index (κ2) is 13.5. The predicted octanol–water partition coefficient (Wildman–Crippen LogP) is 1.24. The van der Waals surface area contributed by atoms with Crippen molar-refractivity contribution in [1.29, 1.82) is 0 Å². The van der Waals surface area contributed by atoms with Gasteiger partial charge < -0.3 is 36.0 Å². The van der Waals surface area contributed by atoms with Gasteiger partial charge in [-0.1, -0.05) is 37.3 Å². The van der Waals surface area contributed by atoms with Crippen molar-refractivity contribution in [1.82, 2.24) is 20.4 Å². The van der Waals surface area contributed by atoms with Crippen LogP contribution in [0.1, 0.15) is 72.3 Å². The zero-order chi connectivity index (χ0) is 31.2. The van der Waals surface area contributed by atoms with E-state index in [-0.39, 0.29) is 24.8 Å². The van der Waals surface area contributed by atoms with Crippen molar-refractivity contribution >= 4 is 29.7 Å². The van der Waals surface area contributed by atoms with Gasteiger partial charge >= 0.3 is 6.09 Å². The average molecular weight is 588 g/mol. The molecule has 2 aliphatic rings. The molecule has 1 aromatic carbocycles. The fraction of sp³-hybridized carbons (Fsp3) is 0.633. The number of likely N-dealkylation sites (tertiary alicyclic amines) is 2. The molecule has 12 heteroatoms. The molecule has 2 saturated heterocycles. The van der Waals surface area contributed by atoms with Gasteiger partial charge in [-0.05, 0) is 65.4 Å². The smallest absolute Gasteiger partial charge is 0.408 e. The Morgan fingerprint density at radius 1 is 1.10 bits per heavy atom. The number of hydrogen-bond acceptors (Lipinski definition) is 7. The molecule has 0 bridgehead atoms. The number of alkyl carbamates (subject to hydrolysis) is 1. The van der Waals surface area contributed by atoms with E-state index in [0.29, 0.717) is 38.6 Å². The number of carbonyl (C=O) groups excluding carboxylic acids is 5. The van der Waals surface area contributed by atoms with Gasteiger partial charge in [0.05, 0.1) is 6.10 Å². The van der Waals surface area contributed by atoms with E-state index in [2.05, 4.69) is 10.6 Å². The predicted molar refractivity (Wildman–Crippen MR) is 155 cm³/mol. The van der Waals surface area contributed by atoms with Crippen LogP contribution in [0, 0.1) is 0 Å². The van der Waals surface area contributed by atoms with Gasteiger partial charge in [0.15, 0.2) is 0 Å². The number of amides is 5. The van der Waals surface area contributed by atoms with Gasteiger partial charge in [0.2, 0.25) is 23.6 Å². The molecule has 0 spiro atoms. The molecule has 0 aromatic heterocycles. The fourth-order valence-corrected chi connectivity index (χ4v) is 5.79. The highest BCUT2D eigenvalue weighted by Crippen LogP contribution is 2.36. The van der Waals surface area contributed by atoms with Crippen molar-refractivity contribution in [2.75, 3.05) is 13.1 Å². The first-order valence-electron chi connectivity index (χ1n) is 14.6. The molecule has 2 fully saturated rings. The quantitative estimate of drug-likeness (QED) is 0.319. The molecule has 2 heterocycles. The summed E-state index contributed by atoms with van der Waals surface area (Å²) in [7, 11) is 0. The van der Waals surface area contributed by atoms with Crippen LogP contribution in [-0.2, 0) is 30.3 Å². The minimum absolute atomic E-state index is 0.176. The van der Waals surface area contributed by atoms with Crippen LogP contribution in [-0.4, -0.2) is 93.1 Å². The van der Waals surface area contributed by atoms with Gasteiger partial charge in [-0.3, -0.25) is 19.2 Å². The molecule has 0 aliphatic carbocycles. The van der Waals surface area contributed by atoms with Crippen LogP contribution in [0.25, 0.3) is 0 Å². The summed E-state index contributed by atoms with van der Waals surface area (Å²) in [4.78, 5) is 69.3. The van der Waals surface area contributed by atoms with E-state index in [0.717, 1.165) is 5.56 Å². The first-order chi connectivity index (χ1) is 19.7. The Labute approximate surface area is 247 Å². The minimum Gasteiger partial charge on any atom is -0.444 e. The number of aliphatic hydroxyl groups excluding tert-OH is 1. The summed E-state index contributed by atoms with van der Waals surface area (Å²) in [6, 6.07) is 6.20. The lowest BCUT2D eigenvalue weighted by molar-refractivity contribution is -0.152. The molecular formula is C30H45N5O7. The topological polar surface area (TPSA) is 171 Å². The van der Waals surface area contributed by atoms with Crippen molar-refractivity contribution in [3.63, 3.8) is 0 Å². The molecular weight excluding hydrogens is 542 g/mol. The Kier molecular flexibility index (Phi) is 10.6. The Morgan fingerprint density at radius 2 is 1.76 bits per heavy atom. The molecule has 5 atom stereocenters. The third-order valence-corrected chi connectivity index (χ3v) is 7.81. The van der Waals surface area contributed by atoms with Gasteiger partial charge in [0, 0.05) is 19.5 Å². The molecule has 5 amide bonds. The van der Waals surface area contributed by atoms with Gasteiger partial charge in [-0.2, -0.15) is 0 Å². The fourth-order valence-electron chi connectivity index (χ4n) is 5.79. The first-order valence-corrected chi connectivity index (χ1v) is 14.6. The SMILES string of the molecule is CCC(NC(=O)OC(C)(C)C)C(=O)N1CCCC1C(=O)N1CCCC1(Cc1ccccc1)C(=O)NC(C(N)=O)C(C)O. The van der Waals surface area contributed by atoms with E-state index in [9.17, 15) is 29.1 Å². The molecule has 2 aliphatic heterocycles. The highest BCUT2D eigenvalue weighted by Gasteiger charge is 2.53. The van der Waals surface area contributed by atoms with Crippen molar-refractivity contribution in [2.24, 2.45) is 5.73 Å². The monoisotopic (exact) mass is 587 g/mol. The molecule has 42 heavy (non-hydrogen) atoms. The molecule has 232 valence electrons. The Balaban J connectivity index is 1.90. The lowest BCUT2D eigenvalue weighted by Crippen LogP contribution is -2.65. The Hall–Kier alpha value is -3.67. The highest BCUT2D eigenvalue weighted by atomic mass is 16.6. The summed E-state index contributed by atoms with van der Waals surface area (Å²) in [5.41, 5.74) is 4.17. The van der Waals surface area contributed by atoms with E-state index < -0.39 is 53.3 Å². The van der Waals surface area contributed by atoms with Crippen LogP contribution in [0.5, 0.6) is 0 Å². The highest BCUT2D eigenvalue weighted by molar-refractivity contribution is 5.98. The van der Waals surface area contributed by atoms with E-state index in [1.165, 1.54) is 16.7 Å². The Bertz CT molecular complexity index is 1150. The lowest BCUT2D eigenvalue weighted by Gasteiger charge is -2.41. The van der Waals surface area contributed by atoms with Crippen LogP contribution >= 0.6 is 0 Å². The maximum atomic E-state index is 14.2. The Morgan fingerprint density at radius 3 is 2.33 bits per heavy atom. The molecule has 0 radical (unpaired) electrons. The number of nitrogens with one attached hydrogen (secondary N) is 2. The third-order valence-electron chi connectivity index (χ3n) is 7.81. The van der Waals surface area contributed by atoms with Crippen LogP contribution < -0.4 is 16.4 Å². The maximum absolute atomic E-state index is 14.2. The number of nitrogens with zero attached hydrogens (tertiary/aromatic N) is 2. The summed E-state index contributed by atoms with van der Waals surface area (Å²) in [5, 5.41) is 15.3. The van der Waals surface area contributed by atoms with E-state index in [1.807, 2.05) is 30.3 Å². The number of rotatable bonds is 10. The number of nitrogens with two attached hydrogens (primary N) is 1. The van der Waals surface area contributed by atoms with Gasteiger partial charge in [-0.15, -0.1) is 0 Å². The van der Waals surface area contributed by atoms with Crippen molar-refractivity contribution in [2.45, 2.75) is 109 Å². The number of ether oxygens (including phenoxy) is 1. The summed E-state index contributed by atoms with van der Waals surface area (Å²) < 4.78 is 5.32. The summed E-state index contributed by atoms with van der Waals surface area (Å²) in [5.74, 6) is -2.24. The first kappa shape index (κ1) is 32.8. The second-order valence-electron chi connectivity index (χ2n) is 12.2. The second-order valence-corrected chi connectivity index (χ2v) is 12.2. The van der Waals surface area contributed by atoms with Crippen molar-refractivity contribution in [3.8, 4) is 0 Å². The standard InChI is InChI=1S/C30H45N5O7/c1-6-21(32-28(41)42-29(3,4)5)25(38)34-16-10-14-22(34)26(39)35-17-11-15-30(35,18-20-12-8-7-9-13-20)27(40)33-23(19(2)36)24(31)37/h7-9,12-13,19,21-23,36H,6,10-11,14-18H2,1-5H3,(H2,31,37)(H,32,41)(H,33,40). The molecule has 1 aromatic rings. The molecule has 0 saturated carbocycles. The molecule has 12 nitrogen and oxygen atoms in total. The zero-order valence-electron chi connectivity index (χ0n) is 25.2. The third kappa shape index (κ3) is 7.58. The average Bonchev–Trinajstić information content (AvgIpc) is 3.57. The van der Waals surface area contributed by atoms with Gasteiger partial charge in [0.1, 0.15) is 29.3 Å². The van der Waals surface area contributed by atoms with Crippen molar-refractivity contribution < 1.29 is 33.8 Å². The summed E-state index contributed by atoms with van der Waals surface area (Å²) >= 11 is 0. The normalized spacial score (nSPS) is 22.7. The van der Waals surface area contributed by atoms with Gasteiger partial charge in [-0.25, -0.2) is 4.79 Å². The minimum atomic E-state index is -1.36. The lowest BCUT2D eigenvalue weighted by atomic mass is 9.86.